The minimum absolute atomic E-state index is 0.000430. The van der Waals surface area contributed by atoms with Gasteiger partial charge in [-0.05, 0) is 61.0 Å². The number of furan rings is 1. The van der Waals surface area contributed by atoms with Crippen molar-refractivity contribution in [1.82, 2.24) is 4.72 Å². The number of ether oxygens (including phenoxy) is 1. The van der Waals surface area contributed by atoms with Crippen LogP contribution in [0.1, 0.15) is 21.7 Å². The molecule has 162 valence electrons. The average Bonchev–Trinajstić information content (AvgIpc) is 3.27. The van der Waals surface area contributed by atoms with Crippen molar-refractivity contribution in [2.45, 2.75) is 18.4 Å². The Morgan fingerprint density at radius 3 is 2.48 bits per heavy atom. The van der Waals surface area contributed by atoms with Gasteiger partial charge in [-0.3, -0.25) is 4.79 Å². The van der Waals surface area contributed by atoms with Crippen molar-refractivity contribution >= 4 is 39.2 Å². The summed E-state index contributed by atoms with van der Waals surface area (Å²) in [5, 5.41) is 3.08. The van der Waals surface area contributed by atoms with Crippen LogP contribution in [0.2, 0.25) is 5.02 Å². The molecule has 3 aromatic rings. The number of amides is 1. The van der Waals surface area contributed by atoms with Crippen LogP contribution in [-0.2, 0) is 26.1 Å². The molecule has 10 heteroatoms. The van der Waals surface area contributed by atoms with E-state index in [9.17, 15) is 18.0 Å². The predicted octanol–water partition coefficient (Wildman–Crippen LogP) is 3.52. The normalized spacial score (nSPS) is 11.2. The number of esters is 1. The van der Waals surface area contributed by atoms with Crippen molar-refractivity contribution in [3.8, 4) is 0 Å². The van der Waals surface area contributed by atoms with Gasteiger partial charge in [-0.2, -0.15) is 0 Å². The number of benzene rings is 2. The van der Waals surface area contributed by atoms with E-state index >= 15 is 0 Å². The second-order valence-corrected chi connectivity index (χ2v) is 8.69. The number of hydrogen-bond acceptors (Lipinski definition) is 6. The Morgan fingerprint density at radius 1 is 1.10 bits per heavy atom. The van der Waals surface area contributed by atoms with Crippen molar-refractivity contribution in [3.63, 3.8) is 0 Å². The minimum Gasteiger partial charge on any atom is -0.468 e. The first-order chi connectivity index (χ1) is 14.7. The first-order valence-electron chi connectivity index (χ1n) is 9.10. The Kier molecular flexibility index (Phi) is 7.11. The summed E-state index contributed by atoms with van der Waals surface area (Å²) in [7, 11) is -3.78. The second kappa shape index (κ2) is 9.78. The van der Waals surface area contributed by atoms with E-state index in [-0.39, 0.29) is 17.0 Å². The van der Waals surface area contributed by atoms with Crippen LogP contribution in [0, 0.1) is 6.92 Å². The lowest BCUT2D eigenvalue weighted by atomic mass is 10.2. The molecule has 1 aromatic heterocycles. The van der Waals surface area contributed by atoms with Crippen LogP contribution in [0.3, 0.4) is 0 Å². The fraction of sp³-hybridized carbons (Fsp3) is 0.143. The van der Waals surface area contributed by atoms with E-state index in [1.54, 1.807) is 30.3 Å². The van der Waals surface area contributed by atoms with Crippen LogP contribution < -0.4 is 10.0 Å². The van der Waals surface area contributed by atoms with Crippen LogP contribution in [-0.4, -0.2) is 26.9 Å². The molecule has 1 heterocycles. The van der Waals surface area contributed by atoms with Gasteiger partial charge in [0.2, 0.25) is 10.0 Å². The van der Waals surface area contributed by atoms with Gasteiger partial charge in [0.15, 0.2) is 6.61 Å². The van der Waals surface area contributed by atoms with Gasteiger partial charge >= 0.3 is 5.97 Å². The molecule has 2 N–H and O–H groups in total. The monoisotopic (exact) mass is 462 g/mol. The number of rotatable bonds is 8. The summed E-state index contributed by atoms with van der Waals surface area (Å²) in [5.41, 5.74) is 1.46. The molecule has 1 amide bonds. The quantitative estimate of drug-likeness (QED) is 0.495. The Balaban J connectivity index is 1.53. The maximum Gasteiger partial charge on any atom is 0.338 e. The Bertz CT molecular complexity index is 1180. The highest BCUT2D eigenvalue weighted by molar-refractivity contribution is 7.89. The van der Waals surface area contributed by atoms with Gasteiger partial charge in [-0.25, -0.2) is 17.9 Å². The van der Waals surface area contributed by atoms with E-state index < -0.39 is 28.5 Å². The van der Waals surface area contributed by atoms with Gasteiger partial charge in [-0.15, -0.1) is 0 Å². The molecule has 2 aromatic carbocycles. The smallest absolute Gasteiger partial charge is 0.338 e. The molecular formula is C21H19ClN2O6S. The zero-order valence-electron chi connectivity index (χ0n) is 16.4. The molecule has 0 bridgehead atoms. The van der Waals surface area contributed by atoms with Gasteiger partial charge in [0.05, 0.1) is 23.3 Å². The molecule has 8 nitrogen and oxygen atoms in total. The minimum atomic E-state index is -3.78. The summed E-state index contributed by atoms with van der Waals surface area (Å²) in [5.74, 6) is -0.825. The zero-order chi connectivity index (χ0) is 22.4. The van der Waals surface area contributed by atoms with Crippen LogP contribution in [0.4, 0.5) is 5.69 Å². The van der Waals surface area contributed by atoms with E-state index in [1.165, 1.54) is 30.5 Å². The van der Waals surface area contributed by atoms with E-state index in [0.29, 0.717) is 16.5 Å². The molecule has 0 aliphatic rings. The van der Waals surface area contributed by atoms with Gasteiger partial charge in [0.1, 0.15) is 5.76 Å². The van der Waals surface area contributed by atoms with E-state index in [4.69, 9.17) is 20.8 Å². The first-order valence-corrected chi connectivity index (χ1v) is 11.0. The summed E-state index contributed by atoms with van der Waals surface area (Å²) in [6, 6.07) is 13.5. The molecular weight excluding hydrogens is 444 g/mol. The summed E-state index contributed by atoms with van der Waals surface area (Å²) in [6.07, 6.45) is 1.44. The molecule has 0 fully saturated rings. The predicted molar refractivity (Wildman–Crippen MR) is 114 cm³/mol. The Morgan fingerprint density at radius 2 is 1.84 bits per heavy atom. The Labute approximate surface area is 184 Å². The van der Waals surface area contributed by atoms with Crippen molar-refractivity contribution in [2.24, 2.45) is 0 Å². The molecule has 0 atom stereocenters. The van der Waals surface area contributed by atoms with E-state index in [2.05, 4.69) is 10.0 Å². The van der Waals surface area contributed by atoms with Crippen LogP contribution in [0.25, 0.3) is 0 Å². The van der Waals surface area contributed by atoms with Gasteiger partial charge in [-0.1, -0.05) is 17.7 Å². The number of hydrogen-bond donors (Lipinski definition) is 2. The summed E-state index contributed by atoms with van der Waals surface area (Å²) >= 11 is 6.01. The largest absolute Gasteiger partial charge is 0.468 e. The van der Waals surface area contributed by atoms with Gasteiger partial charge < -0.3 is 14.5 Å². The third-order valence-corrected chi connectivity index (χ3v) is 6.03. The highest BCUT2D eigenvalue weighted by Gasteiger charge is 2.16. The number of nitrogens with one attached hydrogen (secondary N) is 2. The SMILES string of the molecule is Cc1ccc(NC(=O)COC(=O)c2ccc(S(=O)(=O)NCc3ccco3)cc2)cc1Cl. The Hall–Kier alpha value is -3.14. The second-order valence-electron chi connectivity index (χ2n) is 6.52. The average molecular weight is 463 g/mol. The molecule has 0 aliphatic carbocycles. The summed E-state index contributed by atoms with van der Waals surface area (Å²) in [4.78, 5) is 24.1. The molecule has 0 saturated carbocycles. The van der Waals surface area contributed by atoms with Crippen molar-refractivity contribution in [1.29, 1.82) is 0 Å². The number of anilines is 1. The third-order valence-electron chi connectivity index (χ3n) is 4.21. The van der Waals surface area contributed by atoms with Crippen molar-refractivity contribution in [2.75, 3.05) is 11.9 Å². The van der Waals surface area contributed by atoms with Crippen LogP contribution in [0.15, 0.2) is 70.2 Å². The molecule has 0 spiro atoms. The molecule has 0 unspecified atom stereocenters. The number of carbonyl (C=O) groups excluding carboxylic acids is 2. The van der Waals surface area contributed by atoms with Crippen molar-refractivity contribution < 1.29 is 27.2 Å². The first kappa shape index (κ1) is 22.5. The highest BCUT2D eigenvalue weighted by Crippen LogP contribution is 2.20. The maximum absolute atomic E-state index is 12.3. The third kappa shape index (κ3) is 6.17. The van der Waals surface area contributed by atoms with Crippen molar-refractivity contribution in [3.05, 3.63) is 82.8 Å². The lowest BCUT2D eigenvalue weighted by Gasteiger charge is -2.09. The van der Waals surface area contributed by atoms with Crippen LogP contribution >= 0.6 is 11.6 Å². The van der Waals surface area contributed by atoms with Gasteiger partial charge in [0.25, 0.3) is 5.91 Å². The number of sulfonamides is 1. The topological polar surface area (TPSA) is 115 Å². The fourth-order valence-corrected chi connectivity index (χ4v) is 3.69. The number of carbonyl (C=O) groups is 2. The lowest BCUT2D eigenvalue weighted by molar-refractivity contribution is -0.119. The lowest BCUT2D eigenvalue weighted by Crippen LogP contribution is -2.23. The standard InChI is InChI=1S/C21H19ClN2O6S/c1-14-4-7-16(11-19(14)22)24-20(25)13-30-21(26)15-5-8-18(9-6-15)31(27,28)23-12-17-3-2-10-29-17/h2-11,23H,12-13H2,1H3,(H,24,25). The molecule has 0 saturated heterocycles. The fourth-order valence-electron chi connectivity index (χ4n) is 2.51. The number of aryl methyl sites for hydroxylation is 1. The maximum atomic E-state index is 12.3. The molecule has 0 aliphatic heterocycles. The summed E-state index contributed by atoms with van der Waals surface area (Å²) in [6.45, 7) is 1.33. The molecule has 31 heavy (non-hydrogen) atoms. The molecule has 3 rings (SSSR count). The van der Waals surface area contributed by atoms with Crippen LogP contribution in [0.5, 0.6) is 0 Å². The highest BCUT2D eigenvalue weighted by atomic mass is 35.5. The van der Waals surface area contributed by atoms with Gasteiger partial charge in [0, 0.05) is 10.7 Å². The van der Waals surface area contributed by atoms with E-state index in [0.717, 1.165) is 5.56 Å². The number of halogens is 1. The zero-order valence-corrected chi connectivity index (χ0v) is 18.0. The molecule has 0 radical (unpaired) electrons. The summed E-state index contributed by atoms with van der Waals surface area (Å²) < 4.78 is 37.1. The van der Waals surface area contributed by atoms with E-state index in [1.807, 2.05) is 6.92 Å².